The van der Waals surface area contributed by atoms with Crippen LogP contribution in [0.1, 0.15) is 51.0 Å². The van der Waals surface area contributed by atoms with Gasteiger partial charge in [-0.3, -0.25) is 10.1 Å². The van der Waals surface area contributed by atoms with Gasteiger partial charge in [-0.05, 0) is 74.2 Å². The van der Waals surface area contributed by atoms with Crippen molar-refractivity contribution in [3.8, 4) is 0 Å². The molecule has 4 fully saturated rings. The van der Waals surface area contributed by atoms with Crippen LogP contribution in [-0.4, -0.2) is 11.0 Å². The number of nitro benzene ring substituents is 1. The topological polar surface area (TPSA) is 55.2 Å². The van der Waals surface area contributed by atoms with Gasteiger partial charge in [-0.15, -0.1) is 0 Å². The highest BCUT2D eigenvalue weighted by Crippen LogP contribution is 2.61. The molecule has 0 heterocycles. The SMILES string of the molecule is C[C@@H](NCc1cccc([N+](=O)[O-])c1)C12CC3CC(CC(C3)C1)C2. The third-order valence-corrected chi connectivity index (χ3v) is 6.74. The van der Waals surface area contributed by atoms with E-state index in [1.807, 2.05) is 6.07 Å². The van der Waals surface area contributed by atoms with E-state index >= 15 is 0 Å². The maximum Gasteiger partial charge on any atom is 0.269 e. The predicted octanol–water partition coefficient (Wildman–Crippen LogP) is 4.29. The lowest BCUT2D eigenvalue weighted by Crippen LogP contribution is -2.54. The monoisotopic (exact) mass is 314 g/mol. The van der Waals surface area contributed by atoms with Crippen molar-refractivity contribution in [1.29, 1.82) is 0 Å². The van der Waals surface area contributed by atoms with Crippen LogP contribution in [0.25, 0.3) is 0 Å². The maximum absolute atomic E-state index is 10.9. The van der Waals surface area contributed by atoms with Crippen LogP contribution < -0.4 is 5.32 Å². The number of hydrogen-bond acceptors (Lipinski definition) is 3. The van der Waals surface area contributed by atoms with E-state index in [0.29, 0.717) is 11.5 Å². The summed E-state index contributed by atoms with van der Waals surface area (Å²) in [5.41, 5.74) is 1.68. The number of non-ortho nitro benzene ring substituents is 1. The van der Waals surface area contributed by atoms with Crippen molar-refractivity contribution in [2.75, 3.05) is 0 Å². The highest BCUT2D eigenvalue weighted by atomic mass is 16.6. The van der Waals surface area contributed by atoms with Gasteiger partial charge in [-0.25, -0.2) is 0 Å². The Morgan fingerprint density at radius 1 is 1.22 bits per heavy atom. The van der Waals surface area contributed by atoms with E-state index < -0.39 is 0 Å². The lowest BCUT2D eigenvalue weighted by atomic mass is 9.48. The van der Waals surface area contributed by atoms with Gasteiger partial charge in [0.1, 0.15) is 0 Å². The second-order valence-corrected chi connectivity index (χ2v) is 8.31. The first kappa shape index (κ1) is 15.1. The fourth-order valence-electron chi connectivity index (χ4n) is 5.98. The summed E-state index contributed by atoms with van der Waals surface area (Å²) in [7, 11) is 0. The van der Waals surface area contributed by atoms with Crippen molar-refractivity contribution in [3.05, 3.63) is 39.9 Å². The van der Waals surface area contributed by atoms with Crippen molar-refractivity contribution in [2.24, 2.45) is 23.2 Å². The Morgan fingerprint density at radius 2 is 1.83 bits per heavy atom. The Morgan fingerprint density at radius 3 is 2.39 bits per heavy atom. The largest absolute Gasteiger partial charge is 0.310 e. The van der Waals surface area contributed by atoms with Gasteiger partial charge in [-0.2, -0.15) is 0 Å². The molecule has 0 saturated heterocycles. The Labute approximate surface area is 137 Å². The average molecular weight is 314 g/mol. The lowest BCUT2D eigenvalue weighted by molar-refractivity contribution is -0.384. The van der Waals surface area contributed by atoms with Crippen LogP contribution in [0.4, 0.5) is 5.69 Å². The highest BCUT2D eigenvalue weighted by molar-refractivity contribution is 5.34. The van der Waals surface area contributed by atoms with Crippen molar-refractivity contribution in [2.45, 2.75) is 58.0 Å². The summed E-state index contributed by atoms with van der Waals surface area (Å²) in [5, 5.41) is 14.6. The fraction of sp³-hybridized carbons (Fsp3) is 0.684. The summed E-state index contributed by atoms with van der Waals surface area (Å²) in [4.78, 5) is 10.6. The average Bonchev–Trinajstić information content (AvgIpc) is 2.51. The van der Waals surface area contributed by atoms with Crippen LogP contribution in [0.15, 0.2) is 24.3 Å². The number of benzene rings is 1. The third kappa shape index (κ3) is 2.78. The van der Waals surface area contributed by atoms with Gasteiger partial charge in [-0.1, -0.05) is 12.1 Å². The molecule has 4 bridgehead atoms. The van der Waals surface area contributed by atoms with Gasteiger partial charge in [0, 0.05) is 24.7 Å². The van der Waals surface area contributed by atoms with Crippen LogP contribution in [-0.2, 0) is 6.54 Å². The molecule has 23 heavy (non-hydrogen) atoms. The molecule has 1 atom stereocenters. The second kappa shape index (κ2) is 5.59. The van der Waals surface area contributed by atoms with Gasteiger partial charge in [0.25, 0.3) is 5.69 Å². The predicted molar refractivity (Wildman–Crippen MR) is 90.0 cm³/mol. The van der Waals surface area contributed by atoms with Crippen molar-refractivity contribution in [1.82, 2.24) is 5.32 Å². The number of nitrogens with one attached hydrogen (secondary N) is 1. The van der Waals surface area contributed by atoms with E-state index in [1.54, 1.807) is 18.2 Å². The minimum atomic E-state index is -0.313. The quantitative estimate of drug-likeness (QED) is 0.651. The Hall–Kier alpha value is -1.42. The lowest BCUT2D eigenvalue weighted by Gasteiger charge is -2.59. The third-order valence-electron chi connectivity index (χ3n) is 6.74. The molecule has 4 nitrogen and oxygen atoms in total. The molecule has 0 amide bonds. The maximum atomic E-state index is 10.9. The van der Waals surface area contributed by atoms with Crippen LogP contribution >= 0.6 is 0 Å². The molecule has 124 valence electrons. The first-order chi connectivity index (χ1) is 11.0. The summed E-state index contributed by atoms with van der Waals surface area (Å²) in [5.74, 6) is 2.88. The number of rotatable bonds is 5. The molecule has 4 heteroatoms. The molecular formula is C19H26N2O2. The van der Waals surface area contributed by atoms with E-state index in [0.717, 1.165) is 29.9 Å². The Kier molecular flexibility index (Phi) is 3.67. The second-order valence-electron chi connectivity index (χ2n) is 8.31. The molecule has 0 radical (unpaired) electrons. The molecule has 4 saturated carbocycles. The van der Waals surface area contributed by atoms with Gasteiger partial charge in [0.15, 0.2) is 0 Å². The molecule has 0 spiro atoms. The first-order valence-corrected chi connectivity index (χ1v) is 9.01. The molecule has 4 aliphatic rings. The number of nitro groups is 1. The Bertz CT molecular complexity index is 578. The molecule has 4 aliphatic carbocycles. The van der Waals surface area contributed by atoms with Gasteiger partial charge < -0.3 is 5.32 Å². The van der Waals surface area contributed by atoms with E-state index in [-0.39, 0.29) is 10.6 Å². The summed E-state index contributed by atoms with van der Waals surface area (Å²) in [6.45, 7) is 3.06. The van der Waals surface area contributed by atoms with Crippen molar-refractivity contribution >= 4 is 5.69 Å². The zero-order valence-electron chi connectivity index (χ0n) is 13.8. The minimum absolute atomic E-state index is 0.187. The zero-order chi connectivity index (χ0) is 16.0. The van der Waals surface area contributed by atoms with Crippen LogP contribution in [0.2, 0.25) is 0 Å². The van der Waals surface area contributed by atoms with Crippen LogP contribution in [0, 0.1) is 33.3 Å². The molecule has 1 N–H and O–H groups in total. The van der Waals surface area contributed by atoms with Gasteiger partial charge in [0.2, 0.25) is 0 Å². The molecule has 0 aromatic heterocycles. The van der Waals surface area contributed by atoms with Crippen molar-refractivity contribution in [3.63, 3.8) is 0 Å². The standard InChI is InChI=1S/C19H26N2O2/c1-13(20-12-14-3-2-4-18(8-14)21(22)23)19-9-15-5-16(10-19)7-17(6-15)11-19/h2-4,8,13,15-17,20H,5-7,9-12H2,1H3/t13-,15?,16?,17?,19?/m1/s1. The van der Waals surface area contributed by atoms with E-state index in [2.05, 4.69) is 12.2 Å². The van der Waals surface area contributed by atoms with E-state index in [1.165, 1.54) is 38.5 Å². The molecular weight excluding hydrogens is 288 g/mol. The Balaban J connectivity index is 1.43. The van der Waals surface area contributed by atoms with Gasteiger partial charge >= 0.3 is 0 Å². The molecule has 0 unspecified atom stereocenters. The normalized spacial score (nSPS) is 36.1. The molecule has 5 rings (SSSR count). The number of nitrogens with zero attached hydrogens (tertiary/aromatic N) is 1. The molecule has 1 aromatic carbocycles. The molecule has 1 aromatic rings. The fourth-order valence-corrected chi connectivity index (χ4v) is 5.98. The first-order valence-electron chi connectivity index (χ1n) is 9.01. The smallest absolute Gasteiger partial charge is 0.269 e. The minimum Gasteiger partial charge on any atom is -0.310 e. The van der Waals surface area contributed by atoms with Crippen molar-refractivity contribution < 1.29 is 4.92 Å². The van der Waals surface area contributed by atoms with Crippen LogP contribution in [0.3, 0.4) is 0 Å². The zero-order valence-corrected chi connectivity index (χ0v) is 13.8. The summed E-state index contributed by atoms with van der Waals surface area (Å²) < 4.78 is 0. The summed E-state index contributed by atoms with van der Waals surface area (Å²) in [6.07, 6.45) is 8.58. The van der Waals surface area contributed by atoms with E-state index in [9.17, 15) is 10.1 Å². The summed E-state index contributed by atoms with van der Waals surface area (Å²) >= 11 is 0. The molecule has 0 aliphatic heterocycles. The van der Waals surface area contributed by atoms with E-state index in [4.69, 9.17) is 0 Å². The number of hydrogen-bond donors (Lipinski definition) is 1. The highest BCUT2D eigenvalue weighted by Gasteiger charge is 2.52. The summed E-state index contributed by atoms with van der Waals surface area (Å²) in [6, 6.07) is 7.51. The van der Waals surface area contributed by atoms with Gasteiger partial charge in [0.05, 0.1) is 4.92 Å². The van der Waals surface area contributed by atoms with Crippen LogP contribution in [0.5, 0.6) is 0 Å².